The molecule has 0 aliphatic heterocycles. The number of carbonyl (C=O) groups excluding carboxylic acids is 1. The highest BCUT2D eigenvalue weighted by molar-refractivity contribution is 5.94. The van der Waals surface area contributed by atoms with E-state index in [4.69, 9.17) is 4.74 Å². The lowest BCUT2D eigenvalue weighted by molar-refractivity contribution is -0.385. The number of hydrogen-bond acceptors (Lipinski definition) is 6. The SMILES string of the molecule is COC(=O)c1cc(OC2CC2)c(O)cc1[N+](=O)[O-]. The molecule has 7 heteroatoms. The molecule has 0 spiro atoms. The van der Waals surface area contributed by atoms with Gasteiger partial charge in [0.05, 0.1) is 24.2 Å². The van der Waals surface area contributed by atoms with Crippen LogP contribution in [0.4, 0.5) is 5.69 Å². The third-order valence-electron chi connectivity index (χ3n) is 2.50. The molecule has 2 rings (SSSR count). The molecule has 1 aliphatic carbocycles. The van der Waals surface area contributed by atoms with Crippen LogP contribution >= 0.6 is 0 Å². The monoisotopic (exact) mass is 253 g/mol. The van der Waals surface area contributed by atoms with Crippen LogP contribution < -0.4 is 4.74 Å². The number of nitro groups is 1. The van der Waals surface area contributed by atoms with Crippen molar-refractivity contribution in [1.82, 2.24) is 0 Å². The number of phenols is 1. The summed E-state index contributed by atoms with van der Waals surface area (Å²) < 4.78 is 9.81. The standard InChI is InChI=1S/C11H11NO6/c1-17-11(14)7-4-10(18-6-2-3-6)9(13)5-8(7)12(15)16/h4-6,13H,2-3H2,1H3. The Bertz CT molecular complexity index is 509. The molecular weight excluding hydrogens is 242 g/mol. The maximum atomic E-state index is 11.4. The first-order valence-electron chi connectivity index (χ1n) is 5.29. The van der Waals surface area contributed by atoms with Crippen molar-refractivity contribution in [2.24, 2.45) is 0 Å². The Balaban J connectivity index is 2.44. The second kappa shape index (κ2) is 4.52. The maximum Gasteiger partial charge on any atom is 0.345 e. The van der Waals surface area contributed by atoms with Gasteiger partial charge in [-0.3, -0.25) is 10.1 Å². The van der Waals surface area contributed by atoms with Gasteiger partial charge in [0.15, 0.2) is 11.5 Å². The summed E-state index contributed by atoms with van der Waals surface area (Å²) in [5.74, 6) is -1.15. The molecule has 1 N–H and O–H groups in total. The third-order valence-corrected chi connectivity index (χ3v) is 2.50. The summed E-state index contributed by atoms with van der Waals surface area (Å²) in [5.41, 5.74) is -0.751. The minimum atomic E-state index is -0.845. The summed E-state index contributed by atoms with van der Waals surface area (Å²) in [6.07, 6.45) is 1.73. The number of aromatic hydroxyl groups is 1. The fourth-order valence-electron chi connectivity index (χ4n) is 1.44. The Morgan fingerprint density at radius 3 is 2.67 bits per heavy atom. The Kier molecular flexibility index (Phi) is 3.05. The summed E-state index contributed by atoms with van der Waals surface area (Å²) in [4.78, 5) is 21.5. The summed E-state index contributed by atoms with van der Waals surface area (Å²) >= 11 is 0. The summed E-state index contributed by atoms with van der Waals surface area (Å²) in [7, 11) is 1.13. The van der Waals surface area contributed by atoms with E-state index >= 15 is 0 Å². The fraction of sp³-hybridized carbons (Fsp3) is 0.364. The molecule has 18 heavy (non-hydrogen) atoms. The van der Waals surface area contributed by atoms with E-state index in [1.165, 1.54) is 0 Å². The minimum absolute atomic E-state index is 0.00264. The van der Waals surface area contributed by atoms with Crippen LogP contribution in [0.1, 0.15) is 23.2 Å². The van der Waals surface area contributed by atoms with E-state index in [0.717, 1.165) is 32.1 Å². The first-order valence-corrected chi connectivity index (χ1v) is 5.29. The molecule has 0 atom stereocenters. The topological polar surface area (TPSA) is 98.9 Å². The number of benzene rings is 1. The second-order valence-electron chi connectivity index (χ2n) is 3.90. The largest absolute Gasteiger partial charge is 0.504 e. The zero-order chi connectivity index (χ0) is 13.3. The normalized spacial score (nSPS) is 14.1. The van der Waals surface area contributed by atoms with Crippen molar-refractivity contribution in [2.75, 3.05) is 7.11 Å². The molecule has 0 unspecified atom stereocenters. The van der Waals surface area contributed by atoms with Gasteiger partial charge in [0.2, 0.25) is 0 Å². The maximum absolute atomic E-state index is 11.4. The highest BCUT2D eigenvalue weighted by atomic mass is 16.6. The molecule has 96 valence electrons. The average Bonchev–Trinajstić information content (AvgIpc) is 3.14. The van der Waals surface area contributed by atoms with E-state index in [-0.39, 0.29) is 23.2 Å². The lowest BCUT2D eigenvalue weighted by Gasteiger charge is -2.08. The van der Waals surface area contributed by atoms with Gasteiger partial charge in [0.25, 0.3) is 5.69 Å². The zero-order valence-corrected chi connectivity index (χ0v) is 9.58. The molecule has 0 saturated heterocycles. The molecule has 1 fully saturated rings. The number of ether oxygens (including phenoxy) is 2. The lowest BCUT2D eigenvalue weighted by atomic mass is 10.1. The molecule has 1 aromatic rings. The molecule has 0 amide bonds. The molecule has 0 heterocycles. The van der Waals surface area contributed by atoms with Crippen molar-refractivity contribution in [2.45, 2.75) is 18.9 Å². The number of hydrogen-bond donors (Lipinski definition) is 1. The van der Waals surface area contributed by atoms with Crippen molar-refractivity contribution >= 4 is 11.7 Å². The highest BCUT2D eigenvalue weighted by Crippen LogP contribution is 2.37. The number of nitro benzene ring substituents is 1. The molecule has 1 saturated carbocycles. The van der Waals surface area contributed by atoms with Gasteiger partial charge in [0, 0.05) is 6.07 Å². The molecule has 1 aliphatic rings. The summed E-state index contributed by atoms with van der Waals surface area (Å²) in [6.45, 7) is 0. The van der Waals surface area contributed by atoms with Gasteiger partial charge in [0.1, 0.15) is 5.56 Å². The van der Waals surface area contributed by atoms with Crippen molar-refractivity contribution in [3.63, 3.8) is 0 Å². The number of esters is 1. The molecule has 1 aromatic carbocycles. The van der Waals surface area contributed by atoms with Crippen LogP contribution in [-0.2, 0) is 4.74 Å². The van der Waals surface area contributed by atoms with Crippen LogP contribution in [0, 0.1) is 10.1 Å². The van der Waals surface area contributed by atoms with E-state index < -0.39 is 16.6 Å². The number of carbonyl (C=O) groups is 1. The molecular formula is C11H11NO6. The van der Waals surface area contributed by atoms with Crippen LogP contribution in [0.15, 0.2) is 12.1 Å². The number of rotatable bonds is 4. The second-order valence-corrected chi connectivity index (χ2v) is 3.90. The van der Waals surface area contributed by atoms with E-state index in [1.807, 2.05) is 0 Å². The highest BCUT2D eigenvalue weighted by Gasteiger charge is 2.29. The van der Waals surface area contributed by atoms with E-state index in [0.29, 0.717) is 0 Å². The van der Waals surface area contributed by atoms with E-state index in [2.05, 4.69) is 4.74 Å². The fourth-order valence-corrected chi connectivity index (χ4v) is 1.44. The van der Waals surface area contributed by atoms with Gasteiger partial charge < -0.3 is 14.6 Å². The predicted molar refractivity (Wildman–Crippen MR) is 59.8 cm³/mol. The zero-order valence-electron chi connectivity index (χ0n) is 9.58. The Morgan fingerprint density at radius 1 is 1.50 bits per heavy atom. The quantitative estimate of drug-likeness (QED) is 0.497. The van der Waals surface area contributed by atoms with Crippen LogP contribution in [0.2, 0.25) is 0 Å². The molecule has 7 nitrogen and oxygen atoms in total. The van der Waals surface area contributed by atoms with Gasteiger partial charge in [-0.05, 0) is 12.8 Å². The van der Waals surface area contributed by atoms with Crippen molar-refractivity contribution in [3.8, 4) is 11.5 Å². The Hall–Kier alpha value is -2.31. The van der Waals surface area contributed by atoms with E-state index in [1.54, 1.807) is 0 Å². The minimum Gasteiger partial charge on any atom is -0.504 e. The average molecular weight is 253 g/mol. The van der Waals surface area contributed by atoms with Crippen molar-refractivity contribution in [1.29, 1.82) is 0 Å². The number of methoxy groups -OCH3 is 1. The molecule has 0 aromatic heterocycles. The number of phenolic OH excluding ortho intramolecular Hbond substituents is 1. The molecule has 0 radical (unpaired) electrons. The van der Waals surface area contributed by atoms with E-state index in [9.17, 15) is 20.0 Å². The summed E-state index contributed by atoms with van der Waals surface area (Å²) in [6, 6.07) is 2.03. The van der Waals surface area contributed by atoms with Crippen LogP contribution in [0.3, 0.4) is 0 Å². The first kappa shape index (κ1) is 12.2. The van der Waals surface area contributed by atoms with Crippen molar-refractivity contribution in [3.05, 3.63) is 27.8 Å². The van der Waals surface area contributed by atoms with Crippen molar-refractivity contribution < 1.29 is 24.3 Å². The van der Waals surface area contributed by atoms with Crippen LogP contribution in [-0.4, -0.2) is 29.2 Å². The molecule has 0 bridgehead atoms. The smallest absolute Gasteiger partial charge is 0.345 e. The first-order chi connectivity index (χ1) is 8.52. The predicted octanol–water partition coefficient (Wildman–Crippen LogP) is 1.63. The van der Waals surface area contributed by atoms with Gasteiger partial charge in [-0.15, -0.1) is 0 Å². The van der Waals surface area contributed by atoms with Gasteiger partial charge in [-0.1, -0.05) is 0 Å². The van der Waals surface area contributed by atoms with Crippen LogP contribution in [0.5, 0.6) is 11.5 Å². The van der Waals surface area contributed by atoms with Gasteiger partial charge >= 0.3 is 5.97 Å². The third kappa shape index (κ3) is 2.34. The van der Waals surface area contributed by atoms with Gasteiger partial charge in [-0.25, -0.2) is 4.79 Å². The Morgan fingerprint density at radius 2 is 2.17 bits per heavy atom. The number of nitrogens with zero attached hydrogens (tertiary/aromatic N) is 1. The van der Waals surface area contributed by atoms with Gasteiger partial charge in [-0.2, -0.15) is 0 Å². The lowest BCUT2D eigenvalue weighted by Crippen LogP contribution is -2.07. The Labute approximate surface area is 102 Å². The summed E-state index contributed by atoms with van der Waals surface area (Å²) in [5, 5.41) is 20.4. The van der Waals surface area contributed by atoms with Crippen LogP contribution in [0.25, 0.3) is 0 Å².